The van der Waals surface area contributed by atoms with Crippen LogP contribution in [0.5, 0.6) is 0 Å². The number of nitrogens with zero attached hydrogens (tertiary/aromatic N) is 1. The van der Waals surface area contributed by atoms with Crippen LogP contribution in [-0.4, -0.2) is 28.4 Å². The molecule has 1 aromatic rings. The van der Waals surface area contributed by atoms with Crippen LogP contribution in [-0.2, 0) is 21.4 Å². The molecule has 1 heterocycles. The van der Waals surface area contributed by atoms with Crippen molar-refractivity contribution < 1.29 is 17.6 Å². The molecule has 0 aromatic heterocycles. The molecule has 1 fully saturated rings. The highest BCUT2D eigenvalue weighted by atomic mass is 32.2. The predicted molar refractivity (Wildman–Crippen MR) is 75.8 cm³/mol. The molecule has 1 aliphatic rings. The molecule has 2 rings (SSSR count). The van der Waals surface area contributed by atoms with Crippen LogP contribution < -0.4 is 5.73 Å². The Labute approximate surface area is 121 Å². The fourth-order valence-corrected chi connectivity index (χ4v) is 3.62. The largest absolute Gasteiger partial charge is 0.389 e. The number of hydrogen-bond donors (Lipinski definition) is 1. The van der Waals surface area contributed by atoms with E-state index in [1.165, 1.54) is 32.0 Å². The first-order chi connectivity index (χ1) is 9.10. The fourth-order valence-electron chi connectivity index (χ4n) is 1.96. The summed E-state index contributed by atoms with van der Waals surface area (Å²) < 4.78 is 37.2. The summed E-state index contributed by atoms with van der Waals surface area (Å²) in [6.45, 7) is 2.29. The van der Waals surface area contributed by atoms with E-state index in [1.807, 2.05) is 0 Å². The first kappa shape index (κ1) is 14.9. The number of benzene rings is 1. The summed E-state index contributed by atoms with van der Waals surface area (Å²) in [5, 5.41) is 0. The molecule has 1 aromatic carbocycles. The lowest BCUT2D eigenvalue weighted by molar-refractivity contribution is -0.132. The SMILES string of the molecule is CC1(C)C(=O)N(Cc2cccc(C(N)=S)c2F)S1(=O)=O. The van der Waals surface area contributed by atoms with Crippen molar-refractivity contribution in [2.45, 2.75) is 25.1 Å². The van der Waals surface area contributed by atoms with Crippen LogP contribution in [0.1, 0.15) is 25.0 Å². The van der Waals surface area contributed by atoms with Gasteiger partial charge in [0.25, 0.3) is 15.9 Å². The minimum Gasteiger partial charge on any atom is -0.389 e. The van der Waals surface area contributed by atoms with Gasteiger partial charge >= 0.3 is 0 Å². The van der Waals surface area contributed by atoms with Gasteiger partial charge in [0.05, 0.1) is 6.54 Å². The quantitative estimate of drug-likeness (QED) is 0.839. The summed E-state index contributed by atoms with van der Waals surface area (Å²) in [4.78, 5) is 11.7. The predicted octanol–water partition coefficient (Wildman–Crippen LogP) is 0.911. The Hall–Kier alpha value is -1.54. The Morgan fingerprint density at radius 2 is 2.05 bits per heavy atom. The molecule has 8 heteroatoms. The van der Waals surface area contributed by atoms with Crippen LogP contribution in [0.4, 0.5) is 4.39 Å². The van der Waals surface area contributed by atoms with Gasteiger partial charge in [0, 0.05) is 11.1 Å². The lowest BCUT2D eigenvalue weighted by Gasteiger charge is -2.43. The van der Waals surface area contributed by atoms with Gasteiger partial charge in [-0.3, -0.25) is 4.79 Å². The lowest BCUT2D eigenvalue weighted by Crippen LogP contribution is -2.66. The number of amides is 1. The molecule has 0 bridgehead atoms. The Morgan fingerprint density at radius 3 is 2.55 bits per heavy atom. The minimum atomic E-state index is -3.74. The lowest BCUT2D eigenvalue weighted by atomic mass is 10.1. The van der Waals surface area contributed by atoms with Gasteiger partial charge in [0.1, 0.15) is 10.8 Å². The second-order valence-electron chi connectivity index (χ2n) is 4.97. The zero-order chi connectivity index (χ0) is 15.3. The van der Waals surface area contributed by atoms with Crippen molar-refractivity contribution in [1.29, 1.82) is 0 Å². The maximum atomic E-state index is 14.1. The van der Waals surface area contributed by atoms with E-state index in [2.05, 4.69) is 0 Å². The highest BCUT2D eigenvalue weighted by Crippen LogP contribution is 2.36. The van der Waals surface area contributed by atoms with Gasteiger partial charge in [0.15, 0.2) is 4.75 Å². The number of carbonyl (C=O) groups excluding carboxylic acids is 1. The minimum absolute atomic E-state index is 0.0298. The molecule has 1 aliphatic heterocycles. The Morgan fingerprint density at radius 1 is 1.45 bits per heavy atom. The van der Waals surface area contributed by atoms with E-state index in [0.717, 1.165) is 0 Å². The molecule has 1 saturated heterocycles. The molecular weight excluding hydrogens is 303 g/mol. The third-order valence-corrected chi connectivity index (χ3v) is 5.89. The molecule has 20 heavy (non-hydrogen) atoms. The van der Waals surface area contributed by atoms with Gasteiger partial charge in [-0.2, -0.15) is 0 Å². The van der Waals surface area contributed by atoms with E-state index in [0.29, 0.717) is 4.31 Å². The van der Waals surface area contributed by atoms with Crippen LogP contribution >= 0.6 is 12.2 Å². The Kier molecular flexibility index (Phi) is 3.34. The first-order valence-electron chi connectivity index (χ1n) is 5.74. The number of sulfonamides is 1. The Bertz CT molecular complexity index is 713. The van der Waals surface area contributed by atoms with Gasteiger partial charge in [-0.15, -0.1) is 0 Å². The number of nitrogens with two attached hydrogens (primary N) is 1. The molecule has 0 unspecified atom stereocenters. The summed E-state index contributed by atoms with van der Waals surface area (Å²) in [6.07, 6.45) is 0. The number of rotatable bonds is 3. The van der Waals surface area contributed by atoms with Gasteiger partial charge in [-0.25, -0.2) is 17.1 Å². The highest BCUT2D eigenvalue weighted by Gasteiger charge is 2.60. The summed E-state index contributed by atoms with van der Waals surface area (Å²) in [7, 11) is -3.74. The molecule has 0 spiro atoms. The average Bonchev–Trinajstić information content (AvgIpc) is 2.35. The van der Waals surface area contributed by atoms with Crippen LogP contribution in [0.15, 0.2) is 18.2 Å². The zero-order valence-electron chi connectivity index (χ0n) is 10.9. The molecule has 0 saturated carbocycles. The van der Waals surface area contributed by atoms with Crippen molar-refractivity contribution in [1.82, 2.24) is 4.31 Å². The van der Waals surface area contributed by atoms with Crippen LogP contribution in [0.3, 0.4) is 0 Å². The molecule has 0 aliphatic carbocycles. The van der Waals surface area contributed by atoms with E-state index >= 15 is 0 Å². The average molecular weight is 316 g/mol. The zero-order valence-corrected chi connectivity index (χ0v) is 12.5. The monoisotopic (exact) mass is 316 g/mol. The third-order valence-electron chi connectivity index (χ3n) is 3.33. The van der Waals surface area contributed by atoms with Gasteiger partial charge in [-0.1, -0.05) is 24.4 Å². The summed E-state index contributed by atoms with van der Waals surface area (Å²) >= 11 is 4.71. The second kappa shape index (κ2) is 4.49. The van der Waals surface area contributed by atoms with Crippen molar-refractivity contribution >= 4 is 33.1 Å². The first-order valence-corrected chi connectivity index (χ1v) is 7.59. The van der Waals surface area contributed by atoms with Gasteiger partial charge < -0.3 is 5.73 Å². The summed E-state index contributed by atoms with van der Waals surface area (Å²) in [5.74, 6) is -1.26. The second-order valence-corrected chi connectivity index (χ2v) is 7.82. The molecule has 0 atom stereocenters. The molecule has 5 nitrogen and oxygen atoms in total. The number of thiocarbonyl (C=S) groups is 1. The van der Waals surface area contributed by atoms with Crippen LogP contribution in [0, 0.1) is 5.82 Å². The van der Waals surface area contributed by atoms with E-state index in [4.69, 9.17) is 18.0 Å². The third kappa shape index (κ3) is 1.90. The molecule has 1 amide bonds. The smallest absolute Gasteiger partial charge is 0.259 e. The topological polar surface area (TPSA) is 80.5 Å². The van der Waals surface area contributed by atoms with Crippen molar-refractivity contribution in [2.75, 3.05) is 0 Å². The maximum Gasteiger partial charge on any atom is 0.259 e. The van der Waals surface area contributed by atoms with Crippen LogP contribution in [0.2, 0.25) is 0 Å². The number of halogens is 1. The van der Waals surface area contributed by atoms with Gasteiger partial charge in [-0.05, 0) is 19.9 Å². The van der Waals surface area contributed by atoms with Crippen molar-refractivity contribution in [3.05, 3.63) is 35.1 Å². The fraction of sp³-hybridized carbons (Fsp3) is 0.333. The Balaban J connectivity index is 2.36. The maximum absolute atomic E-state index is 14.1. The summed E-state index contributed by atoms with van der Waals surface area (Å²) in [5.41, 5.74) is 5.46. The van der Waals surface area contributed by atoms with Crippen molar-refractivity contribution in [3.63, 3.8) is 0 Å². The van der Waals surface area contributed by atoms with E-state index in [9.17, 15) is 17.6 Å². The van der Waals surface area contributed by atoms with E-state index < -0.39 is 26.5 Å². The molecule has 0 radical (unpaired) electrons. The molecule has 2 N–H and O–H groups in total. The number of hydrogen-bond acceptors (Lipinski definition) is 4. The molecular formula is C12H13FN2O3S2. The van der Waals surface area contributed by atoms with Gasteiger partial charge in [0.2, 0.25) is 0 Å². The normalized spacial score (nSPS) is 19.6. The molecule has 108 valence electrons. The standard InChI is InChI=1S/C12H13FN2O3S2/c1-12(2)11(16)15(20(12,17)18)6-7-4-3-5-8(9(7)13)10(14)19/h3-5H,6H2,1-2H3,(H2,14,19). The van der Waals surface area contributed by atoms with Crippen molar-refractivity contribution in [2.24, 2.45) is 5.73 Å². The van der Waals surface area contributed by atoms with E-state index in [-0.39, 0.29) is 22.7 Å². The van der Waals surface area contributed by atoms with Crippen molar-refractivity contribution in [3.8, 4) is 0 Å². The summed E-state index contributed by atoms with van der Waals surface area (Å²) in [6, 6.07) is 4.30. The van der Waals surface area contributed by atoms with E-state index in [1.54, 1.807) is 0 Å². The highest BCUT2D eigenvalue weighted by molar-refractivity contribution is 7.94. The number of carbonyl (C=O) groups is 1. The van der Waals surface area contributed by atoms with Crippen LogP contribution in [0.25, 0.3) is 0 Å².